The highest BCUT2D eigenvalue weighted by Crippen LogP contribution is 2.41. The molecule has 0 amide bonds. The zero-order chi connectivity index (χ0) is 20.4. The number of benzene rings is 2. The SMILES string of the molecule is C#CC(CCC(OCC=C)c1ccccc1)c1cc(OC)c(OC)c(OC)c1. The van der Waals surface area contributed by atoms with Crippen LogP contribution < -0.4 is 14.2 Å². The van der Waals surface area contributed by atoms with Crippen LogP contribution in [-0.2, 0) is 4.74 Å². The summed E-state index contributed by atoms with van der Waals surface area (Å²) < 4.78 is 22.3. The summed E-state index contributed by atoms with van der Waals surface area (Å²) in [5, 5.41) is 0. The predicted octanol–water partition coefficient (Wildman–Crippen LogP) is 5.15. The lowest BCUT2D eigenvalue weighted by atomic mass is 9.91. The molecule has 0 aliphatic carbocycles. The lowest BCUT2D eigenvalue weighted by molar-refractivity contribution is 0.0654. The minimum atomic E-state index is -0.104. The van der Waals surface area contributed by atoms with Crippen molar-refractivity contribution in [2.24, 2.45) is 0 Å². The third-order valence-electron chi connectivity index (χ3n) is 4.59. The van der Waals surface area contributed by atoms with Gasteiger partial charge in [-0.15, -0.1) is 13.0 Å². The normalized spacial score (nSPS) is 12.5. The summed E-state index contributed by atoms with van der Waals surface area (Å²) in [6.45, 7) is 4.23. The van der Waals surface area contributed by atoms with Crippen LogP contribution >= 0.6 is 0 Å². The van der Waals surface area contributed by atoms with Crippen LogP contribution in [0.1, 0.15) is 36.0 Å². The smallest absolute Gasteiger partial charge is 0.203 e. The van der Waals surface area contributed by atoms with Gasteiger partial charge in [0.1, 0.15) is 0 Å². The van der Waals surface area contributed by atoms with E-state index in [9.17, 15) is 0 Å². The number of ether oxygens (including phenoxy) is 4. The first-order chi connectivity index (χ1) is 13.7. The van der Waals surface area contributed by atoms with Gasteiger partial charge in [0.05, 0.1) is 34.0 Å². The van der Waals surface area contributed by atoms with Crippen molar-refractivity contribution in [3.8, 4) is 29.6 Å². The summed E-state index contributed by atoms with van der Waals surface area (Å²) in [6, 6.07) is 14.0. The van der Waals surface area contributed by atoms with Crippen molar-refractivity contribution >= 4 is 0 Å². The molecular weight excluding hydrogens is 352 g/mol. The molecule has 0 bridgehead atoms. The quantitative estimate of drug-likeness (QED) is 0.399. The van der Waals surface area contributed by atoms with Gasteiger partial charge in [-0.2, -0.15) is 0 Å². The second kappa shape index (κ2) is 11.1. The van der Waals surface area contributed by atoms with Gasteiger partial charge in [0.2, 0.25) is 5.75 Å². The van der Waals surface area contributed by atoms with E-state index in [1.165, 1.54) is 0 Å². The average Bonchev–Trinajstić information content (AvgIpc) is 2.75. The lowest BCUT2D eigenvalue weighted by Crippen LogP contribution is -2.08. The number of terminal acetylenes is 1. The second-order valence-electron chi connectivity index (χ2n) is 6.28. The van der Waals surface area contributed by atoms with Gasteiger partial charge in [-0.1, -0.05) is 42.3 Å². The Hall–Kier alpha value is -2.90. The molecule has 2 aromatic carbocycles. The zero-order valence-corrected chi connectivity index (χ0v) is 16.8. The van der Waals surface area contributed by atoms with Crippen LogP contribution in [0.2, 0.25) is 0 Å². The van der Waals surface area contributed by atoms with Crippen molar-refractivity contribution in [2.45, 2.75) is 24.9 Å². The van der Waals surface area contributed by atoms with E-state index in [2.05, 4.69) is 24.6 Å². The van der Waals surface area contributed by atoms with Gasteiger partial charge in [-0.05, 0) is 36.1 Å². The Morgan fingerprint density at radius 2 is 1.61 bits per heavy atom. The molecule has 2 aromatic rings. The van der Waals surface area contributed by atoms with E-state index in [0.717, 1.165) is 24.0 Å². The molecule has 0 radical (unpaired) electrons. The number of rotatable bonds is 11. The van der Waals surface area contributed by atoms with Gasteiger partial charge in [-0.3, -0.25) is 0 Å². The summed E-state index contributed by atoms with van der Waals surface area (Å²) >= 11 is 0. The van der Waals surface area contributed by atoms with Crippen molar-refractivity contribution in [1.29, 1.82) is 0 Å². The van der Waals surface area contributed by atoms with E-state index >= 15 is 0 Å². The van der Waals surface area contributed by atoms with Crippen LogP contribution in [0, 0.1) is 12.3 Å². The third-order valence-corrected chi connectivity index (χ3v) is 4.59. The summed E-state index contributed by atoms with van der Waals surface area (Å²) in [6.07, 6.45) is 9.11. The largest absolute Gasteiger partial charge is 0.493 e. The summed E-state index contributed by atoms with van der Waals surface area (Å²) in [7, 11) is 4.78. The van der Waals surface area contributed by atoms with E-state index in [-0.39, 0.29) is 12.0 Å². The molecule has 4 heteroatoms. The van der Waals surface area contributed by atoms with Crippen molar-refractivity contribution in [3.63, 3.8) is 0 Å². The molecule has 0 N–H and O–H groups in total. The van der Waals surface area contributed by atoms with Crippen molar-refractivity contribution in [1.82, 2.24) is 0 Å². The molecule has 28 heavy (non-hydrogen) atoms. The maximum atomic E-state index is 5.98. The van der Waals surface area contributed by atoms with Crippen LogP contribution in [0.4, 0.5) is 0 Å². The molecule has 0 aliphatic rings. The molecule has 0 fully saturated rings. The number of methoxy groups -OCH3 is 3. The van der Waals surface area contributed by atoms with Gasteiger partial charge in [0.25, 0.3) is 0 Å². The van der Waals surface area contributed by atoms with Crippen LogP contribution in [-0.4, -0.2) is 27.9 Å². The molecular formula is C24H28O4. The minimum Gasteiger partial charge on any atom is -0.493 e. The average molecular weight is 380 g/mol. The molecule has 2 unspecified atom stereocenters. The van der Waals surface area contributed by atoms with Gasteiger partial charge >= 0.3 is 0 Å². The Labute approximate surface area is 168 Å². The van der Waals surface area contributed by atoms with Crippen molar-refractivity contribution in [3.05, 3.63) is 66.2 Å². The molecule has 0 aromatic heterocycles. The first-order valence-electron chi connectivity index (χ1n) is 9.21. The Balaban J connectivity index is 2.23. The van der Waals surface area contributed by atoms with Gasteiger partial charge in [-0.25, -0.2) is 0 Å². The minimum absolute atomic E-state index is 0.0444. The Morgan fingerprint density at radius 1 is 0.964 bits per heavy atom. The molecule has 0 heterocycles. The highest BCUT2D eigenvalue weighted by Gasteiger charge is 2.20. The van der Waals surface area contributed by atoms with Crippen molar-refractivity contribution in [2.75, 3.05) is 27.9 Å². The van der Waals surface area contributed by atoms with E-state index < -0.39 is 0 Å². The fourth-order valence-electron chi connectivity index (χ4n) is 3.16. The molecule has 4 nitrogen and oxygen atoms in total. The number of hydrogen-bond donors (Lipinski definition) is 0. The highest BCUT2D eigenvalue weighted by molar-refractivity contribution is 5.55. The molecule has 2 atom stereocenters. The van der Waals surface area contributed by atoms with E-state index in [1.807, 2.05) is 30.3 Å². The lowest BCUT2D eigenvalue weighted by Gasteiger charge is -2.21. The second-order valence-corrected chi connectivity index (χ2v) is 6.28. The van der Waals surface area contributed by atoms with Gasteiger partial charge < -0.3 is 18.9 Å². The van der Waals surface area contributed by atoms with Crippen LogP contribution in [0.3, 0.4) is 0 Å². The molecule has 148 valence electrons. The maximum absolute atomic E-state index is 5.98. The molecule has 0 spiro atoms. The van der Waals surface area contributed by atoms with Gasteiger partial charge in [0, 0.05) is 5.92 Å². The first-order valence-corrected chi connectivity index (χ1v) is 9.21. The summed E-state index contributed by atoms with van der Waals surface area (Å²) in [5.41, 5.74) is 2.08. The molecule has 0 saturated carbocycles. The third kappa shape index (κ3) is 5.31. The fraction of sp³-hybridized carbons (Fsp3) is 0.333. The van der Waals surface area contributed by atoms with Crippen molar-refractivity contribution < 1.29 is 18.9 Å². The van der Waals surface area contributed by atoms with E-state index in [1.54, 1.807) is 27.4 Å². The zero-order valence-electron chi connectivity index (χ0n) is 16.8. The highest BCUT2D eigenvalue weighted by atomic mass is 16.5. The molecule has 0 saturated heterocycles. The summed E-state index contributed by atoms with van der Waals surface area (Å²) in [4.78, 5) is 0. The molecule has 2 rings (SSSR count). The monoisotopic (exact) mass is 380 g/mol. The topological polar surface area (TPSA) is 36.9 Å². The molecule has 0 aliphatic heterocycles. The maximum Gasteiger partial charge on any atom is 0.203 e. The number of hydrogen-bond acceptors (Lipinski definition) is 4. The first kappa shape index (κ1) is 21.4. The van der Waals surface area contributed by atoms with E-state index in [0.29, 0.717) is 23.9 Å². The summed E-state index contributed by atoms with van der Waals surface area (Å²) in [5.74, 6) is 4.54. The van der Waals surface area contributed by atoms with Gasteiger partial charge in [0.15, 0.2) is 11.5 Å². The predicted molar refractivity (Wildman–Crippen MR) is 112 cm³/mol. The Morgan fingerprint density at radius 3 is 2.11 bits per heavy atom. The van der Waals surface area contributed by atoms with Crippen LogP contribution in [0.25, 0.3) is 0 Å². The fourth-order valence-corrected chi connectivity index (χ4v) is 3.16. The Kier molecular flexibility index (Phi) is 8.45. The standard InChI is InChI=1S/C24H28O4/c1-6-15-28-21(19-11-9-8-10-12-19)14-13-18(7-2)20-16-22(25-3)24(27-5)23(17-20)26-4/h2,6,8-12,16-18,21H,1,13-15H2,3-5H3. The Bertz CT molecular complexity index is 767. The van der Waals surface area contributed by atoms with Crippen LogP contribution in [0.15, 0.2) is 55.1 Å². The van der Waals surface area contributed by atoms with E-state index in [4.69, 9.17) is 25.4 Å². The van der Waals surface area contributed by atoms with Crippen LogP contribution in [0.5, 0.6) is 17.2 Å².